The highest BCUT2D eigenvalue weighted by molar-refractivity contribution is 5.87. The van der Waals surface area contributed by atoms with Crippen LogP contribution >= 0.6 is 0 Å². The van der Waals surface area contributed by atoms with Crippen molar-refractivity contribution in [2.45, 2.75) is 44.9 Å². The van der Waals surface area contributed by atoms with Gasteiger partial charge in [0, 0.05) is 13.1 Å². The molecule has 1 aromatic heterocycles. The maximum absolute atomic E-state index is 14.0. The summed E-state index contributed by atoms with van der Waals surface area (Å²) >= 11 is 0. The van der Waals surface area contributed by atoms with Crippen LogP contribution in [0.4, 0.5) is 10.2 Å². The monoisotopic (exact) mass is 285 g/mol. The van der Waals surface area contributed by atoms with Crippen molar-refractivity contribution in [2.24, 2.45) is 0 Å². The summed E-state index contributed by atoms with van der Waals surface area (Å²) in [5.74, 6) is -0.281. The molecule has 2 rings (SSSR count). The molecule has 1 amide bonds. The summed E-state index contributed by atoms with van der Waals surface area (Å²) in [6.45, 7) is 3.04. The Hall–Kier alpha value is -1.80. The Balaban J connectivity index is 2.26. The molecule has 2 N–H and O–H groups in total. The van der Waals surface area contributed by atoms with E-state index in [1.54, 1.807) is 6.92 Å². The molecule has 8 heteroatoms. The van der Waals surface area contributed by atoms with Gasteiger partial charge in [-0.2, -0.15) is 4.98 Å². The van der Waals surface area contributed by atoms with Crippen LogP contribution in [0.25, 0.3) is 0 Å². The van der Waals surface area contributed by atoms with E-state index in [1.165, 1.54) is 19.2 Å². The summed E-state index contributed by atoms with van der Waals surface area (Å²) < 4.78 is 20.3. The molecule has 1 aliphatic heterocycles. The minimum atomic E-state index is -1.70. The van der Waals surface area contributed by atoms with Crippen LogP contribution in [0.1, 0.15) is 26.5 Å². The summed E-state index contributed by atoms with van der Waals surface area (Å²) in [7, 11) is 0. The zero-order chi connectivity index (χ0) is 14.9. The van der Waals surface area contributed by atoms with Gasteiger partial charge in [-0.1, -0.05) is 6.92 Å². The molecule has 20 heavy (non-hydrogen) atoms. The fraction of sp³-hybridized carbons (Fsp3) is 0.583. The lowest BCUT2D eigenvalue weighted by Gasteiger charge is -2.15. The number of nitrogens with zero attached hydrogens (tertiary/aromatic N) is 2. The van der Waals surface area contributed by atoms with Gasteiger partial charge in [0.25, 0.3) is 0 Å². The van der Waals surface area contributed by atoms with Crippen molar-refractivity contribution in [3.63, 3.8) is 0 Å². The molecular weight excluding hydrogens is 269 g/mol. The van der Waals surface area contributed by atoms with Crippen LogP contribution in [0.15, 0.2) is 17.1 Å². The summed E-state index contributed by atoms with van der Waals surface area (Å²) in [4.78, 5) is 26.3. The van der Waals surface area contributed by atoms with Crippen LogP contribution in [0, 0.1) is 0 Å². The van der Waals surface area contributed by atoms with Crippen LogP contribution in [-0.2, 0) is 9.53 Å². The predicted octanol–water partition coefficient (Wildman–Crippen LogP) is 0.208. The number of anilines is 1. The lowest BCUT2D eigenvalue weighted by atomic mass is 10.1. The molecule has 1 aromatic rings. The van der Waals surface area contributed by atoms with Gasteiger partial charge in [0.05, 0.1) is 6.10 Å². The lowest BCUT2D eigenvalue weighted by Crippen LogP contribution is -2.33. The Morgan fingerprint density at radius 3 is 2.85 bits per heavy atom. The van der Waals surface area contributed by atoms with E-state index in [-0.39, 0.29) is 11.7 Å². The van der Waals surface area contributed by atoms with Crippen molar-refractivity contribution in [3.8, 4) is 0 Å². The number of ether oxygens (including phenoxy) is 1. The van der Waals surface area contributed by atoms with Gasteiger partial charge in [-0.05, 0) is 12.5 Å². The molecule has 1 fully saturated rings. The first-order valence-corrected chi connectivity index (χ1v) is 6.28. The normalized spacial score (nSPS) is 29.4. The molecule has 0 radical (unpaired) electrons. The van der Waals surface area contributed by atoms with E-state index < -0.39 is 30.3 Å². The number of carbonyl (C=O) groups excluding carboxylic acids is 1. The minimum Gasteiger partial charge on any atom is -0.387 e. The van der Waals surface area contributed by atoms with Gasteiger partial charge in [-0.25, -0.2) is 9.18 Å². The Kier molecular flexibility index (Phi) is 4.15. The molecule has 0 bridgehead atoms. The van der Waals surface area contributed by atoms with E-state index in [0.717, 1.165) is 4.57 Å². The van der Waals surface area contributed by atoms with Crippen LogP contribution in [0.3, 0.4) is 0 Å². The summed E-state index contributed by atoms with van der Waals surface area (Å²) in [5.41, 5.74) is -0.757. The molecule has 110 valence electrons. The van der Waals surface area contributed by atoms with Gasteiger partial charge >= 0.3 is 5.69 Å². The second-order valence-corrected chi connectivity index (χ2v) is 4.59. The zero-order valence-electron chi connectivity index (χ0n) is 11.1. The highest BCUT2D eigenvalue weighted by atomic mass is 19.1. The first kappa shape index (κ1) is 14.6. The number of alkyl halides is 1. The number of carbonyl (C=O) groups is 1. The fourth-order valence-corrected chi connectivity index (χ4v) is 2.12. The number of aliphatic hydroxyl groups excluding tert-OH is 1. The van der Waals surface area contributed by atoms with Gasteiger partial charge in [0.1, 0.15) is 11.9 Å². The quantitative estimate of drug-likeness (QED) is 0.828. The van der Waals surface area contributed by atoms with Gasteiger partial charge in [0.2, 0.25) is 5.91 Å². The smallest absolute Gasteiger partial charge is 0.351 e. The third-order valence-corrected chi connectivity index (χ3v) is 3.10. The van der Waals surface area contributed by atoms with E-state index in [9.17, 15) is 19.1 Å². The molecule has 7 nitrogen and oxygen atoms in total. The topological polar surface area (TPSA) is 93.5 Å². The largest absolute Gasteiger partial charge is 0.387 e. The Morgan fingerprint density at radius 2 is 2.35 bits per heavy atom. The second kappa shape index (κ2) is 5.68. The minimum absolute atomic E-state index is 0.0831. The first-order chi connectivity index (χ1) is 9.43. The Morgan fingerprint density at radius 1 is 1.65 bits per heavy atom. The van der Waals surface area contributed by atoms with Crippen molar-refractivity contribution in [2.75, 3.05) is 5.32 Å². The molecular formula is C12H16FN3O4. The fourth-order valence-electron chi connectivity index (χ4n) is 2.12. The van der Waals surface area contributed by atoms with Crippen molar-refractivity contribution < 1.29 is 19.0 Å². The molecule has 1 unspecified atom stereocenters. The number of halogens is 1. The van der Waals surface area contributed by atoms with E-state index in [2.05, 4.69) is 10.3 Å². The van der Waals surface area contributed by atoms with Crippen molar-refractivity contribution in [3.05, 3.63) is 22.7 Å². The van der Waals surface area contributed by atoms with Crippen molar-refractivity contribution >= 4 is 11.7 Å². The maximum atomic E-state index is 14.0. The van der Waals surface area contributed by atoms with Crippen LogP contribution in [0.5, 0.6) is 0 Å². The van der Waals surface area contributed by atoms with Crippen LogP contribution in [-0.4, -0.2) is 38.9 Å². The van der Waals surface area contributed by atoms with Gasteiger partial charge in [0.15, 0.2) is 12.4 Å². The van der Waals surface area contributed by atoms with Gasteiger partial charge in [-0.3, -0.25) is 9.36 Å². The van der Waals surface area contributed by atoms with Crippen LogP contribution < -0.4 is 11.0 Å². The molecule has 1 aliphatic rings. The molecule has 0 aliphatic carbocycles. The third-order valence-electron chi connectivity index (χ3n) is 3.10. The molecule has 4 atom stereocenters. The number of nitrogens with one attached hydrogen (secondary N) is 1. The summed E-state index contributed by atoms with van der Waals surface area (Å²) in [6, 6.07) is 1.37. The number of aliphatic hydroxyl groups is 1. The predicted molar refractivity (Wildman–Crippen MR) is 67.9 cm³/mol. The Bertz CT molecular complexity index is 562. The van der Waals surface area contributed by atoms with Gasteiger partial charge < -0.3 is 15.2 Å². The average Bonchev–Trinajstić information content (AvgIpc) is 2.66. The number of hydrogen-bond donors (Lipinski definition) is 2. The maximum Gasteiger partial charge on any atom is 0.351 e. The lowest BCUT2D eigenvalue weighted by molar-refractivity contribution is -0.114. The molecule has 2 heterocycles. The summed E-state index contributed by atoms with van der Waals surface area (Å²) in [6.07, 6.45) is -3.12. The van der Waals surface area contributed by atoms with Crippen LogP contribution in [0.2, 0.25) is 0 Å². The zero-order valence-corrected chi connectivity index (χ0v) is 11.1. The standard InChI is InChI=1S/C12H16FN3O4/c1-3-7-10(18)9(13)11(20-7)16-5-4-8(14-6(2)17)15-12(16)19/h4-5,7,9-11,18H,3H2,1-2H3,(H,14,15,17,19)/t7-,9+,10?,11-/m1/s1. The van der Waals surface area contributed by atoms with E-state index in [1.807, 2.05) is 0 Å². The highest BCUT2D eigenvalue weighted by Crippen LogP contribution is 2.32. The van der Waals surface area contributed by atoms with E-state index >= 15 is 0 Å². The third kappa shape index (κ3) is 2.70. The number of amides is 1. The Labute approximate surface area is 114 Å². The number of aromatic nitrogens is 2. The van der Waals surface area contributed by atoms with E-state index in [4.69, 9.17) is 4.74 Å². The number of hydrogen-bond acceptors (Lipinski definition) is 5. The SMILES string of the molecule is CC[C@H]1O[C@@H](n2ccc(NC(C)=O)nc2=O)[C@@H](F)C1O. The van der Waals surface area contributed by atoms with E-state index in [0.29, 0.717) is 6.42 Å². The number of rotatable bonds is 3. The summed E-state index contributed by atoms with van der Waals surface area (Å²) in [5, 5.41) is 12.0. The van der Waals surface area contributed by atoms with Crippen molar-refractivity contribution in [1.29, 1.82) is 0 Å². The molecule has 0 saturated carbocycles. The van der Waals surface area contributed by atoms with Crippen molar-refractivity contribution in [1.82, 2.24) is 9.55 Å². The first-order valence-electron chi connectivity index (χ1n) is 6.28. The average molecular weight is 285 g/mol. The molecule has 0 aromatic carbocycles. The molecule has 1 saturated heterocycles. The van der Waals surface area contributed by atoms with Gasteiger partial charge in [-0.15, -0.1) is 0 Å². The molecule has 0 spiro atoms. The second-order valence-electron chi connectivity index (χ2n) is 4.59. The highest BCUT2D eigenvalue weighted by Gasteiger charge is 2.44.